The number of rotatable bonds is 4. The standard InChI is InChI=1S/C18H16N2O3/c1-12(23-18(22)16-10-5-11-19-16)17(21)20-15-9-4-7-13-6-2-3-8-14(13)15/h2-12,19H,1H3,(H,20,21)/t12-/m0/s1. The molecule has 0 unspecified atom stereocenters. The summed E-state index contributed by atoms with van der Waals surface area (Å²) >= 11 is 0. The average Bonchev–Trinajstić information content (AvgIpc) is 3.09. The number of H-pyrrole nitrogens is 1. The molecule has 0 saturated heterocycles. The van der Waals surface area contributed by atoms with E-state index in [4.69, 9.17) is 4.74 Å². The summed E-state index contributed by atoms with van der Waals surface area (Å²) < 4.78 is 5.16. The van der Waals surface area contributed by atoms with E-state index in [1.165, 1.54) is 0 Å². The molecule has 0 spiro atoms. The van der Waals surface area contributed by atoms with Crippen LogP contribution in [0.3, 0.4) is 0 Å². The monoisotopic (exact) mass is 308 g/mol. The van der Waals surface area contributed by atoms with Crippen LogP contribution >= 0.6 is 0 Å². The predicted molar refractivity (Wildman–Crippen MR) is 88.2 cm³/mol. The average molecular weight is 308 g/mol. The number of ether oxygens (including phenoxy) is 1. The second kappa shape index (κ2) is 6.36. The SMILES string of the molecule is C[C@H](OC(=O)c1ccc[nH]1)C(=O)Nc1cccc2ccccc12. The lowest BCUT2D eigenvalue weighted by atomic mass is 10.1. The first kappa shape index (κ1) is 14.8. The van der Waals surface area contributed by atoms with E-state index in [1.54, 1.807) is 25.3 Å². The van der Waals surface area contributed by atoms with E-state index in [2.05, 4.69) is 10.3 Å². The van der Waals surface area contributed by atoms with Gasteiger partial charge >= 0.3 is 5.97 Å². The highest BCUT2D eigenvalue weighted by Crippen LogP contribution is 2.23. The third-order valence-corrected chi connectivity index (χ3v) is 3.52. The topological polar surface area (TPSA) is 71.2 Å². The molecule has 0 saturated carbocycles. The first-order valence-corrected chi connectivity index (χ1v) is 7.28. The molecule has 0 fully saturated rings. The summed E-state index contributed by atoms with van der Waals surface area (Å²) in [5.74, 6) is -0.933. The molecule has 0 aliphatic rings. The fraction of sp³-hybridized carbons (Fsp3) is 0.111. The van der Waals surface area contributed by atoms with Crippen LogP contribution < -0.4 is 5.32 Å². The number of amides is 1. The van der Waals surface area contributed by atoms with Crippen LogP contribution in [-0.2, 0) is 9.53 Å². The Kier molecular flexibility index (Phi) is 4.10. The summed E-state index contributed by atoms with van der Waals surface area (Å²) in [4.78, 5) is 26.9. The Morgan fingerprint density at radius 1 is 1.04 bits per heavy atom. The number of aromatic nitrogens is 1. The molecule has 3 rings (SSSR count). The summed E-state index contributed by atoms with van der Waals surface area (Å²) in [5, 5.41) is 4.77. The van der Waals surface area contributed by atoms with Crippen molar-refractivity contribution in [3.8, 4) is 0 Å². The van der Waals surface area contributed by atoms with Gasteiger partial charge in [-0.1, -0.05) is 36.4 Å². The lowest BCUT2D eigenvalue weighted by molar-refractivity contribution is -0.123. The lowest BCUT2D eigenvalue weighted by Crippen LogP contribution is -2.30. The van der Waals surface area contributed by atoms with Crippen molar-refractivity contribution in [1.29, 1.82) is 0 Å². The molecule has 116 valence electrons. The fourth-order valence-corrected chi connectivity index (χ4v) is 2.30. The Labute approximate surface area is 133 Å². The molecule has 2 aromatic carbocycles. The summed E-state index contributed by atoms with van der Waals surface area (Å²) in [6.07, 6.45) is 0.724. The van der Waals surface area contributed by atoms with E-state index in [0.717, 1.165) is 10.8 Å². The van der Waals surface area contributed by atoms with Gasteiger partial charge in [-0.05, 0) is 30.5 Å². The van der Waals surface area contributed by atoms with Crippen LogP contribution in [0.2, 0.25) is 0 Å². The molecule has 0 bridgehead atoms. The number of hydrogen-bond donors (Lipinski definition) is 2. The molecule has 1 atom stereocenters. The van der Waals surface area contributed by atoms with Crippen LogP contribution in [0.1, 0.15) is 17.4 Å². The van der Waals surface area contributed by atoms with Gasteiger partial charge in [0.05, 0.1) is 0 Å². The van der Waals surface area contributed by atoms with Crippen LogP contribution in [0.5, 0.6) is 0 Å². The summed E-state index contributed by atoms with van der Waals surface area (Å²) in [5.41, 5.74) is 1.01. The van der Waals surface area contributed by atoms with Gasteiger partial charge in [-0.15, -0.1) is 0 Å². The van der Waals surface area contributed by atoms with E-state index in [-0.39, 0.29) is 5.91 Å². The van der Waals surface area contributed by atoms with Crippen LogP contribution in [0.25, 0.3) is 10.8 Å². The summed E-state index contributed by atoms with van der Waals surface area (Å²) in [6.45, 7) is 1.54. The molecule has 1 heterocycles. The van der Waals surface area contributed by atoms with Crippen molar-refractivity contribution in [1.82, 2.24) is 4.98 Å². The normalized spacial score (nSPS) is 11.9. The third kappa shape index (κ3) is 3.23. The van der Waals surface area contributed by atoms with Gasteiger partial charge in [0.2, 0.25) is 0 Å². The number of hydrogen-bond acceptors (Lipinski definition) is 3. The Bertz CT molecular complexity index is 835. The van der Waals surface area contributed by atoms with Gasteiger partial charge in [0.25, 0.3) is 5.91 Å². The van der Waals surface area contributed by atoms with Crippen molar-refractivity contribution in [3.63, 3.8) is 0 Å². The summed E-state index contributed by atoms with van der Waals surface area (Å²) in [7, 11) is 0. The van der Waals surface area contributed by atoms with Gasteiger partial charge < -0.3 is 15.0 Å². The number of fused-ring (bicyclic) bond motifs is 1. The number of nitrogens with one attached hydrogen (secondary N) is 2. The highest BCUT2D eigenvalue weighted by atomic mass is 16.5. The minimum atomic E-state index is -0.898. The molecule has 5 heteroatoms. The Hall–Kier alpha value is -3.08. The van der Waals surface area contributed by atoms with Crippen molar-refractivity contribution in [2.45, 2.75) is 13.0 Å². The van der Waals surface area contributed by atoms with Crippen molar-refractivity contribution in [3.05, 3.63) is 66.5 Å². The van der Waals surface area contributed by atoms with Crippen LogP contribution in [0.4, 0.5) is 5.69 Å². The van der Waals surface area contributed by atoms with Crippen molar-refractivity contribution in [2.75, 3.05) is 5.32 Å². The molecule has 1 aromatic heterocycles. The quantitative estimate of drug-likeness (QED) is 0.726. The molecular weight excluding hydrogens is 292 g/mol. The van der Waals surface area contributed by atoms with Gasteiger partial charge in [0.1, 0.15) is 5.69 Å². The second-order valence-corrected chi connectivity index (χ2v) is 5.15. The van der Waals surface area contributed by atoms with Crippen LogP contribution in [0, 0.1) is 0 Å². The molecule has 5 nitrogen and oxygen atoms in total. The molecule has 1 amide bonds. The maximum atomic E-state index is 12.3. The maximum Gasteiger partial charge on any atom is 0.355 e. The lowest BCUT2D eigenvalue weighted by Gasteiger charge is -2.14. The number of carbonyl (C=O) groups excluding carboxylic acids is 2. The number of esters is 1. The highest BCUT2D eigenvalue weighted by Gasteiger charge is 2.19. The minimum Gasteiger partial charge on any atom is -0.448 e. The zero-order chi connectivity index (χ0) is 16.2. The number of aromatic amines is 1. The zero-order valence-electron chi connectivity index (χ0n) is 12.6. The largest absolute Gasteiger partial charge is 0.448 e. The molecular formula is C18H16N2O3. The predicted octanol–water partition coefficient (Wildman–Crippen LogP) is 3.35. The first-order valence-electron chi connectivity index (χ1n) is 7.28. The van der Waals surface area contributed by atoms with Gasteiger partial charge in [-0.25, -0.2) is 4.79 Å². The van der Waals surface area contributed by atoms with Crippen LogP contribution in [0.15, 0.2) is 60.8 Å². The van der Waals surface area contributed by atoms with E-state index < -0.39 is 12.1 Å². The van der Waals surface area contributed by atoms with Gasteiger partial charge in [-0.3, -0.25) is 4.79 Å². The van der Waals surface area contributed by atoms with E-state index in [0.29, 0.717) is 11.4 Å². The van der Waals surface area contributed by atoms with Crippen LogP contribution in [-0.4, -0.2) is 23.0 Å². The second-order valence-electron chi connectivity index (χ2n) is 5.15. The summed E-state index contributed by atoms with van der Waals surface area (Å²) in [6, 6.07) is 16.7. The van der Waals surface area contributed by atoms with Crippen molar-refractivity contribution in [2.24, 2.45) is 0 Å². The fourth-order valence-electron chi connectivity index (χ4n) is 2.30. The Morgan fingerprint density at radius 3 is 2.61 bits per heavy atom. The smallest absolute Gasteiger partial charge is 0.355 e. The molecule has 2 N–H and O–H groups in total. The first-order chi connectivity index (χ1) is 11.1. The van der Waals surface area contributed by atoms with E-state index in [1.807, 2.05) is 42.5 Å². The van der Waals surface area contributed by atoms with E-state index >= 15 is 0 Å². The Balaban J connectivity index is 1.72. The van der Waals surface area contributed by atoms with Gasteiger partial charge in [0.15, 0.2) is 6.10 Å². The van der Waals surface area contributed by atoms with Gasteiger partial charge in [0, 0.05) is 17.3 Å². The van der Waals surface area contributed by atoms with E-state index in [9.17, 15) is 9.59 Å². The van der Waals surface area contributed by atoms with Crippen molar-refractivity contribution < 1.29 is 14.3 Å². The molecule has 0 aliphatic carbocycles. The zero-order valence-corrected chi connectivity index (χ0v) is 12.6. The minimum absolute atomic E-state index is 0.315. The Morgan fingerprint density at radius 2 is 1.83 bits per heavy atom. The molecule has 0 aliphatic heterocycles. The number of carbonyl (C=O) groups is 2. The van der Waals surface area contributed by atoms with Gasteiger partial charge in [-0.2, -0.15) is 0 Å². The third-order valence-electron chi connectivity index (χ3n) is 3.52. The maximum absolute atomic E-state index is 12.3. The molecule has 23 heavy (non-hydrogen) atoms. The molecule has 0 radical (unpaired) electrons. The number of anilines is 1. The highest BCUT2D eigenvalue weighted by molar-refractivity contribution is 6.04. The number of benzene rings is 2. The molecule has 3 aromatic rings. The van der Waals surface area contributed by atoms with Crippen molar-refractivity contribution >= 4 is 28.3 Å².